The Hall–Kier alpha value is -3.98. The molecule has 9 atom stereocenters. The number of ether oxygens (including phenoxy) is 2. The molecule has 0 aliphatic carbocycles. The average Bonchev–Trinajstić information content (AvgIpc) is 4.00. The van der Waals surface area contributed by atoms with Gasteiger partial charge in [0.1, 0.15) is 11.6 Å². The Balaban J connectivity index is 1.47. The first-order valence-electron chi connectivity index (χ1n) is 26.3. The van der Waals surface area contributed by atoms with Crippen molar-refractivity contribution >= 4 is 46.0 Å². The van der Waals surface area contributed by atoms with Gasteiger partial charge in [-0.15, -0.1) is 0 Å². The molecule has 14 heteroatoms. The predicted octanol–water partition coefficient (Wildman–Crippen LogP) is 8.49. The van der Waals surface area contributed by atoms with E-state index in [0.29, 0.717) is 45.4 Å². The normalized spacial score (nSPS) is 19.1. The quantitative estimate of drug-likeness (QED) is 0.0753. The van der Waals surface area contributed by atoms with Crippen LogP contribution in [0.15, 0.2) is 30.5 Å². The van der Waals surface area contributed by atoms with Crippen molar-refractivity contribution in [3.05, 3.63) is 36.0 Å². The van der Waals surface area contributed by atoms with Crippen molar-refractivity contribution in [3.8, 4) is 0 Å². The molecule has 388 valence electrons. The highest BCUT2D eigenvalue weighted by Crippen LogP contribution is 2.33. The van der Waals surface area contributed by atoms with Gasteiger partial charge < -0.3 is 24.3 Å². The topological polar surface area (TPSA) is 159 Å². The van der Waals surface area contributed by atoms with Crippen LogP contribution >= 0.6 is 0 Å². The maximum atomic E-state index is 14.7. The number of rotatable bonds is 30. The second-order valence-electron chi connectivity index (χ2n) is 20.9. The molecule has 0 saturated carbocycles. The first-order chi connectivity index (χ1) is 32.9. The van der Waals surface area contributed by atoms with Gasteiger partial charge in [-0.3, -0.25) is 38.5 Å². The Morgan fingerprint density at radius 2 is 1.57 bits per heavy atom. The van der Waals surface area contributed by atoms with Crippen LogP contribution < -0.4 is 0 Å². The van der Waals surface area contributed by atoms with Gasteiger partial charge in [-0.1, -0.05) is 86.4 Å². The van der Waals surface area contributed by atoms with Crippen LogP contribution in [0, 0.1) is 35.5 Å². The lowest BCUT2D eigenvalue weighted by atomic mass is 9.83. The zero-order chi connectivity index (χ0) is 50.9. The predicted molar refractivity (Wildman–Crippen MR) is 271 cm³/mol. The highest BCUT2D eigenvalue weighted by atomic mass is 16.7. The number of likely N-dealkylation sites (N-methyl/N-ethyl adjacent to an activating group) is 2. The number of fused-ring (bicyclic) bond motifs is 1. The van der Waals surface area contributed by atoms with Gasteiger partial charge in [0.2, 0.25) is 17.7 Å². The fraction of sp³-hybridized carbons (Fsp3) is 0.745. The molecule has 0 spiro atoms. The molecular formula is C55H89N5O9. The zero-order valence-electron chi connectivity index (χ0n) is 44.4. The number of nitrogens with zero attached hydrogens (tertiary/aromatic N) is 4. The smallest absolute Gasteiger partial charge is 0.250 e. The molecule has 3 heterocycles. The van der Waals surface area contributed by atoms with E-state index in [-0.39, 0.29) is 84.2 Å². The van der Waals surface area contributed by atoms with Gasteiger partial charge in [-0.05, 0) is 87.9 Å². The number of unbranched alkanes of at least 4 members (excludes halogenated alkanes) is 2. The van der Waals surface area contributed by atoms with Gasteiger partial charge in [-0.25, -0.2) is 5.06 Å². The van der Waals surface area contributed by atoms with Gasteiger partial charge >= 0.3 is 0 Å². The second-order valence-corrected chi connectivity index (χ2v) is 20.9. The van der Waals surface area contributed by atoms with Crippen LogP contribution in [-0.2, 0) is 49.5 Å². The maximum Gasteiger partial charge on any atom is 0.250 e. The number of benzene rings is 1. The molecule has 69 heavy (non-hydrogen) atoms. The molecule has 2 fully saturated rings. The Labute approximate surface area is 414 Å². The minimum atomic E-state index is -0.646. The minimum absolute atomic E-state index is 0.00361. The minimum Gasteiger partial charge on any atom is -0.379 e. The molecule has 0 bridgehead atoms. The van der Waals surface area contributed by atoms with E-state index >= 15 is 0 Å². The third kappa shape index (κ3) is 15.5. The van der Waals surface area contributed by atoms with Crippen molar-refractivity contribution in [2.24, 2.45) is 35.5 Å². The lowest BCUT2D eigenvalue weighted by Crippen LogP contribution is -2.54. The number of aromatic amines is 1. The SMILES string of the molecule is CCC(=O)CCCCCN(C)[C@H](C(=O)C[C@H](C(=O)N(C)[C@@H]([C@@H](C)CC)[C@@H](CC(=O)N1CCC[C@H]1[C@H](OC)[C@@H](C)C(=O)C[C@@H](Cc1c[nH]c2ccccc12)C(=O)N1CCCCO1)OC)C(C)C)C(C)C. The fourth-order valence-electron chi connectivity index (χ4n) is 11.1. The number of hydrogen-bond donors (Lipinski definition) is 1. The summed E-state index contributed by atoms with van der Waals surface area (Å²) < 4.78 is 12.3. The van der Waals surface area contributed by atoms with Crippen LogP contribution in [-0.4, -0.2) is 145 Å². The second kappa shape index (κ2) is 28.2. The molecule has 3 amide bonds. The van der Waals surface area contributed by atoms with Gasteiger partial charge in [0.25, 0.3) is 0 Å². The summed E-state index contributed by atoms with van der Waals surface area (Å²) in [5.74, 6) is -2.17. The van der Waals surface area contributed by atoms with E-state index < -0.39 is 36.0 Å². The average molecular weight is 964 g/mol. The van der Waals surface area contributed by atoms with E-state index in [2.05, 4.69) is 23.7 Å². The standard InChI is InChI=1S/C55H89N5O9/c1-13-38(7)52(58(10)55(66)44(36(3)4)33-48(63)51(37(5)6)57(9)27-19-15-16-23-42(61)14-2)49(67-11)34-50(64)59-28-22-26-46(59)53(68-12)39(8)47(62)32-40(54(65)60-29-20-21-30-69-60)31-41-35-56-45-25-18-17-24-43(41)45/h17-18,24-25,35-40,44,46,49,51-53,56H,13-16,19-23,26-34H2,1-12H3/t38-,39-,40+,44-,46-,49+,51-,52-,53+/m0/s1. The summed E-state index contributed by atoms with van der Waals surface area (Å²) in [6.07, 6.45) is 8.84. The molecule has 1 aromatic carbocycles. The number of likely N-dealkylation sites (tertiary alicyclic amines) is 1. The number of aromatic nitrogens is 1. The number of amides is 3. The zero-order valence-corrected chi connectivity index (χ0v) is 44.4. The largest absolute Gasteiger partial charge is 0.379 e. The molecule has 0 radical (unpaired) electrons. The molecule has 0 unspecified atom stereocenters. The summed E-state index contributed by atoms with van der Waals surface area (Å²) in [7, 11) is 6.93. The van der Waals surface area contributed by atoms with Crippen LogP contribution in [0.25, 0.3) is 10.9 Å². The van der Waals surface area contributed by atoms with Crippen LogP contribution in [0.4, 0.5) is 0 Å². The van der Waals surface area contributed by atoms with Gasteiger partial charge in [0, 0.05) is 89.0 Å². The first-order valence-corrected chi connectivity index (χ1v) is 26.3. The number of carbonyl (C=O) groups excluding carboxylic acids is 6. The molecule has 2 aromatic rings. The first kappa shape index (κ1) is 57.6. The van der Waals surface area contributed by atoms with Gasteiger partial charge in [0.05, 0.1) is 49.3 Å². The van der Waals surface area contributed by atoms with Crippen molar-refractivity contribution in [1.82, 2.24) is 24.7 Å². The monoisotopic (exact) mass is 964 g/mol. The van der Waals surface area contributed by atoms with Crippen molar-refractivity contribution in [2.75, 3.05) is 54.6 Å². The summed E-state index contributed by atoms with van der Waals surface area (Å²) in [6, 6.07) is 6.77. The van der Waals surface area contributed by atoms with Crippen LogP contribution in [0.5, 0.6) is 0 Å². The fourth-order valence-corrected chi connectivity index (χ4v) is 11.1. The summed E-state index contributed by atoms with van der Waals surface area (Å²) in [5.41, 5.74) is 1.93. The Bertz CT molecular complexity index is 1960. The number of ketones is 3. The van der Waals surface area contributed by atoms with Crippen LogP contribution in [0.3, 0.4) is 0 Å². The van der Waals surface area contributed by atoms with Crippen molar-refractivity contribution in [3.63, 3.8) is 0 Å². The summed E-state index contributed by atoms with van der Waals surface area (Å²) >= 11 is 0. The number of hydroxylamine groups is 2. The third-order valence-electron chi connectivity index (χ3n) is 15.4. The molecule has 1 N–H and O–H groups in total. The highest BCUT2D eigenvalue weighted by Gasteiger charge is 2.44. The van der Waals surface area contributed by atoms with Crippen molar-refractivity contribution < 1.29 is 43.1 Å². The molecular weight excluding hydrogens is 875 g/mol. The van der Waals surface area contributed by atoms with Crippen LogP contribution in [0.1, 0.15) is 144 Å². The number of nitrogens with one attached hydrogen (secondary N) is 1. The van der Waals surface area contributed by atoms with E-state index in [1.165, 1.54) is 5.06 Å². The lowest BCUT2D eigenvalue weighted by Gasteiger charge is -2.41. The molecule has 2 aliphatic heterocycles. The molecule has 2 aliphatic rings. The summed E-state index contributed by atoms with van der Waals surface area (Å²) in [6.45, 7) is 18.1. The number of methoxy groups -OCH3 is 2. The van der Waals surface area contributed by atoms with E-state index in [1.807, 2.05) is 84.0 Å². The van der Waals surface area contributed by atoms with E-state index in [1.54, 1.807) is 26.2 Å². The molecule has 2 saturated heterocycles. The number of Topliss-reactive ketones (excluding diaryl/α,β-unsaturated/α-hetero) is 3. The Kier molecular flexibility index (Phi) is 23.5. The Morgan fingerprint density at radius 3 is 2.19 bits per heavy atom. The van der Waals surface area contributed by atoms with Crippen molar-refractivity contribution in [1.29, 1.82) is 0 Å². The van der Waals surface area contributed by atoms with E-state index in [0.717, 1.165) is 68.0 Å². The number of para-hydroxylation sites is 1. The molecule has 1 aromatic heterocycles. The van der Waals surface area contributed by atoms with Crippen LogP contribution in [0.2, 0.25) is 0 Å². The van der Waals surface area contributed by atoms with Gasteiger partial charge in [0.15, 0.2) is 5.78 Å². The third-order valence-corrected chi connectivity index (χ3v) is 15.4. The molecule has 4 rings (SSSR count). The maximum absolute atomic E-state index is 14.7. The summed E-state index contributed by atoms with van der Waals surface area (Å²) in [5, 5.41) is 2.45. The highest BCUT2D eigenvalue weighted by molar-refractivity contribution is 5.91. The molecule has 14 nitrogen and oxygen atoms in total. The lowest BCUT2D eigenvalue weighted by molar-refractivity contribution is -0.201. The van der Waals surface area contributed by atoms with Crippen molar-refractivity contribution in [2.45, 2.75) is 176 Å². The number of H-pyrrole nitrogens is 1. The number of hydrogen-bond acceptors (Lipinski definition) is 10. The number of carbonyl (C=O) groups is 6. The summed E-state index contributed by atoms with van der Waals surface area (Å²) in [4.78, 5) is 98.5. The van der Waals surface area contributed by atoms with E-state index in [4.69, 9.17) is 14.3 Å². The Morgan fingerprint density at radius 1 is 0.841 bits per heavy atom. The van der Waals surface area contributed by atoms with Gasteiger partial charge in [-0.2, -0.15) is 0 Å². The van der Waals surface area contributed by atoms with E-state index in [9.17, 15) is 28.8 Å².